The van der Waals surface area contributed by atoms with Gasteiger partial charge in [0, 0.05) is 0 Å². The van der Waals surface area contributed by atoms with Gasteiger partial charge in [-0.25, -0.2) is 5.43 Å². The number of phenolic OH excluding ortho intramolecular Hbond substituents is 1. The highest BCUT2D eigenvalue weighted by Crippen LogP contribution is 2.30. The summed E-state index contributed by atoms with van der Waals surface area (Å²) in [6.07, 6.45) is 1.52. The number of hydrogen-bond donors (Lipinski definition) is 2. The number of rotatable bonds is 8. The van der Waals surface area contributed by atoms with Crippen molar-refractivity contribution >= 4 is 22.9 Å². The number of aryl methyl sites for hydroxylation is 1. The number of ether oxygens (including phenoxy) is 2. The minimum absolute atomic E-state index is 0.0541. The predicted molar refractivity (Wildman–Crippen MR) is 134 cm³/mol. The zero-order chi connectivity index (χ0) is 23.9. The lowest BCUT2D eigenvalue weighted by molar-refractivity contribution is 0.0952. The lowest BCUT2D eigenvalue weighted by atomic mass is 10.1. The zero-order valence-corrected chi connectivity index (χ0v) is 19.1. The summed E-state index contributed by atoms with van der Waals surface area (Å²) in [5, 5.41) is 16.4. The van der Waals surface area contributed by atoms with Gasteiger partial charge in [0.1, 0.15) is 12.4 Å². The fourth-order valence-corrected chi connectivity index (χ4v) is 3.63. The molecule has 0 spiro atoms. The summed E-state index contributed by atoms with van der Waals surface area (Å²) >= 11 is 0. The first-order valence-electron chi connectivity index (χ1n) is 11.0. The third kappa shape index (κ3) is 5.18. The van der Waals surface area contributed by atoms with E-state index in [0.717, 1.165) is 16.5 Å². The van der Waals surface area contributed by atoms with Crippen LogP contribution in [0.4, 0.5) is 0 Å². The van der Waals surface area contributed by atoms with Crippen LogP contribution in [0.1, 0.15) is 34.0 Å². The Morgan fingerprint density at radius 1 is 0.971 bits per heavy atom. The van der Waals surface area contributed by atoms with E-state index in [1.807, 2.05) is 43.3 Å². The Kier molecular flexibility index (Phi) is 7.08. The molecule has 0 bridgehead atoms. The van der Waals surface area contributed by atoms with E-state index in [-0.39, 0.29) is 11.3 Å². The monoisotopic (exact) mass is 454 g/mol. The van der Waals surface area contributed by atoms with Crippen LogP contribution in [0.3, 0.4) is 0 Å². The number of phenols is 1. The minimum Gasteiger partial charge on any atom is -0.507 e. The van der Waals surface area contributed by atoms with Gasteiger partial charge in [-0.05, 0) is 65.6 Å². The Bertz CT molecular complexity index is 1340. The summed E-state index contributed by atoms with van der Waals surface area (Å²) in [6.45, 7) is 4.53. The molecule has 4 aromatic carbocycles. The highest BCUT2D eigenvalue weighted by molar-refractivity contribution is 5.97. The molecule has 172 valence electrons. The Balaban J connectivity index is 1.46. The molecule has 0 aliphatic heterocycles. The summed E-state index contributed by atoms with van der Waals surface area (Å²) in [6, 6.07) is 24.8. The van der Waals surface area contributed by atoms with E-state index >= 15 is 0 Å². The summed E-state index contributed by atoms with van der Waals surface area (Å²) in [5.41, 5.74) is 5.06. The van der Waals surface area contributed by atoms with Crippen LogP contribution in [0.5, 0.6) is 17.2 Å². The van der Waals surface area contributed by atoms with Crippen LogP contribution in [0.25, 0.3) is 10.8 Å². The fraction of sp³-hybridized carbons (Fsp3) is 0.143. The van der Waals surface area contributed by atoms with Crippen molar-refractivity contribution in [2.24, 2.45) is 5.10 Å². The highest BCUT2D eigenvalue weighted by atomic mass is 16.5. The van der Waals surface area contributed by atoms with Gasteiger partial charge in [0.05, 0.1) is 18.4 Å². The molecule has 0 unspecified atom stereocenters. The van der Waals surface area contributed by atoms with Gasteiger partial charge in [-0.1, -0.05) is 54.6 Å². The predicted octanol–water partition coefficient (Wildman–Crippen LogP) is 5.60. The van der Waals surface area contributed by atoms with Crippen molar-refractivity contribution in [3.8, 4) is 17.2 Å². The van der Waals surface area contributed by atoms with E-state index in [9.17, 15) is 9.90 Å². The van der Waals surface area contributed by atoms with Crippen molar-refractivity contribution in [2.45, 2.75) is 20.5 Å². The van der Waals surface area contributed by atoms with Gasteiger partial charge >= 0.3 is 0 Å². The molecule has 0 aromatic heterocycles. The molecule has 6 heteroatoms. The molecule has 0 aliphatic carbocycles. The quantitative estimate of drug-likeness (QED) is 0.268. The van der Waals surface area contributed by atoms with Crippen molar-refractivity contribution in [1.82, 2.24) is 5.43 Å². The Morgan fingerprint density at radius 3 is 2.62 bits per heavy atom. The number of para-hydroxylation sites is 1. The van der Waals surface area contributed by atoms with Crippen LogP contribution in [-0.4, -0.2) is 23.8 Å². The molecule has 0 atom stereocenters. The fourth-order valence-electron chi connectivity index (χ4n) is 3.63. The molecular formula is C28H26N2O4. The van der Waals surface area contributed by atoms with Gasteiger partial charge in [0.15, 0.2) is 11.5 Å². The lowest BCUT2D eigenvalue weighted by Crippen LogP contribution is -2.17. The van der Waals surface area contributed by atoms with Crippen molar-refractivity contribution in [3.63, 3.8) is 0 Å². The molecule has 0 radical (unpaired) electrons. The number of benzene rings is 4. The summed E-state index contributed by atoms with van der Waals surface area (Å²) in [7, 11) is 0. The Labute approximate surface area is 198 Å². The van der Waals surface area contributed by atoms with Gasteiger partial charge < -0.3 is 14.6 Å². The standard InChI is InChI=1S/C28H26N2O4/c1-3-33-26-16-20(17-29-30-28(32)24-13-6-8-19(2)27(24)31)14-15-25(26)34-18-22-11-7-10-21-9-4-5-12-23(21)22/h4-17,31H,3,18H2,1-2H3,(H,30,32)/b29-17-. The largest absolute Gasteiger partial charge is 0.507 e. The van der Waals surface area contributed by atoms with Crippen LogP contribution in [0.15, 0.2) is 84.0 Å². The van der Waals surface area contributed by atoms with Crippen LogP contribution < -0.4 is 14.9 Å². The topological polar surface area (TPSA) is 80.2 Å². The maximum absolute atomic E-state index is 12.3. The number of hydrogen-bond acceptors (Lipinski definition) is 5. The first-order valence-corrected chi connectivity index (χ1v) is 11.0. The Hall–Kier alpha value is -4.32. The molecule has 4 aromatic rings. The second-order valence-electron chi connectivity index (χ2n) is 7.74. The molecule has 0 fully saturated rings. The number of fused-ring (bicyclic) bond motifs is 1. The number of nitrogens with one attached hydrogen (secondary N) is 1. The third-order valence-electron chi connectivity index (χ3n) is 5.39. The Morgan fingerprint density at radius 2 is 1.76 bits per heavy atom. The number of aromatic hydroxyl groups is 1. The highest BCUT2D eigenvalue weighted by Gasteiger charge is 2.12. The van der Waals surface area contributed by atoms with Gasteiger partial charge in [0.2, 0.25) is 0 Å². The van der Waals surface area contributed by atoms with Gasteiger partial charge in [0.25, 0.3) is 5.91 Å². The maximum Gasteiger partial charge on any atom is 0.275 e. The van der Waals surface area contributed by atoms with Crippen molar-refractivity contribution in [2.75, 3.05) is 6.61 Å². The number of carbonyl (C=O) groups excluding carboxylic acids is 1. The molecule has 0 saturated heterocycles. The average molecular weight is 455 g/mol. The minimum atomic E-state index is -0.488. The smallest absolute Gasteiger partial charge is 0.275 e. The molecule has 0 saturated carbocycles. The molecule has 34 heavy (non-hydrogen) atoms. The molecule has 0 heterocycles. The van der Waals surface area contributed by atoms with Crippen LogP contribution >= 0.6 is 0 Å². The van der Waals surface area contributed by atoms with Gasteiger partial charge in [-0.15, -0.1) is 0 Å². The normalized spacial score (nSPS) is 11.0. The lowest BCUT2D eigenvalue weighted by Gasteiger charge is -2.13. The van der Waals surface area contributed by atoms with E-state index in [1.165, 1.54) is 11.6 Å². The van der Waals surface area contributed by atoms with E-state index in [1.54, 1.807) is 25.1 Å². The van der Waals surface area contributed by atoms with Crippen molar-refractivity contribution in [1.29, 1.82) is 0 Å². The molecular weight excluding hydrogens is 428 g/mol. The van der Waals surface area contributed by atoms with Crippen molar-refractivity contribution in [3.05, 3.63) is 101 Å². The van der Waals surface area contributed by atoms with E-state index in [2.05, 4.69) is 34.8 Å². The van der Waals surface area contributed by atoms with Gasteiger partial charge in [-0.2, -0.15) is 5.10 Å². The second-order valence-corrected chi connectivity index (χ2v) is 7.74. The van der Waals surface area contributed by atoms with Crippen LogP contribution in [0.2, 0.25) is 0 Å². The average Bonchev–Trinajstić information content (AvgIpc) is 2.85. The number of carbonyl (C=O) groups is 1. The second kappa shape index (κ2) is 10.5. The molecule has 6 nitrogen and oxygen atoms in total. The van der Waals surface area contributed by atoms with Gasteiger partial charge in [-0.3, -0.25) is 4.79 Å². The first kappa shape index (κ1) is 22.9. The summed E-state index contributed by atoms with van der Waals surface area (Å²) < 4.78 is 11.9. The SMILES string of the molecule is CCOc1cc(/C=N\NC(=O)c2cccc(C)c2O)ccc1OCc1cccc2ccccc12. The molecule has 1 amide bonds. The summed E-state index contributed by atoms with van der Waals surface area (Å²) in [5.74, 6) is 0.675. The maximum atomic E-state index is 12.3. The number of hydrazone groups is 1. The third-order valence-corrected chi connectivity index (χ3v) is 5.39. The zero-order valence-electron chi connectivity index (χ0n) is 19.1. The molecule has 0 aliphatic rings. The van der Waals surface area contributed by atoms with E-state index in [0.29, 0.717) is 30.3 Å². The van der Waals surface area contributed by atoms with Crippen molar-refractivity contribution < 1.29 is 19.4 Å². The summed E-state index contributed by atoms with van der Waals surface area (Å²) in [4.78, 5) is 12.3. The molecule has 4 rings (SSSR count). The first-order chi connectivity index (χ1) is 16.6. The van der Waals surface area contributed by atoms with Crippen LogP contribution in [-0.2, 0) is 6.61 Å². The number of nitrogens with zero attached hydrogens (tertiary/aromatic N) is 1. The van der Waals surface area contributed by atoms with E-state index in [4.69, 9.17) is 9.47 Å². The van der Waals surface area contributed by atoms with Crippen LogP contribution in [0, 0.1) is 6.92 Å². The molecule has 2 N–H and O–H groups in total. The number of amides is 1. The van der Waals surface area contributed by atoms with E-state index < -0.39 is 5.91 Å².